The van der Waals surface area contributed by atoms with E-state index in [2.05, 4.69) is 17.4 Å². The zero-order chi connectivity index (χ0) is 24.7. The first-order valence-electron chi connectivity index (χ1n) is 12.0. The van der Waals surface area contributed by atoms with Gasteiger partial charge < -0.3 is 5.32 Å². The SMILES string of the molecule is Cc1ccc2nn3c(c2c1)C(=O)N(c1ccccc1)C(C(=O)NC(C)(C)C)C3Cc1ccccc1. The van der Waals surface area contributed by atoms with Crippen LogP contribution in [-0.4, -0.2) is 33.2 Å². The maximum absolute atomic E-state index is 14.2. The molecule has 0 radical (unpaired) electrons. The number of aromatic nitrogens is 2. The molecule has 35 heavy (non-hydrogen) atoms. The molecule has 6 heteroatoms. The van der Waals surface area contributed by atoms with E-state index in [-0.39, 0.29) is 17.9 Å². The first-order valence-corrected chi connectivity index (χ1v) is 12.0. The molecule has 2 unspecified atom stereocenters. The van der Waals surface area contributed by atoms with Crippen molar-refractivity contribution in [1.82, 2.24) is 15.1 Å². The van der Waals surface area contributed by atoms with Crippen LogP contribution in [0.3, 0.4) is 0 Å². The molecule has 3 aromatic carbocycles. The van der Waals surface area contributed by atoms with Gasteiger partial charge in [-0.3, -0.25) is 19.2 Å². The molecule has 0 spiro atoms. The van der Waals surface area contributed by atoms with Crippen molar-refractivity contribution >= 4 is 28.4 Å². The summed E-state index contributed by atoms with van der Waals surface area (Å²) in [6.07, 6.45) is 0.555. The first kappa shape index (κ1) is 22.8. The quantitative estimate of drug-likeness (QED) is 0.457. The van der Waals surface area contributed by atoms with Gasteiger partial charge in [-0.25, -0.2) is 0 Å². The number of para-hydroxylation sites is 1. The number of benzene rings is 3. The number of nitrogens with zero attached hydrogens (tertiary/aromatic N) is 3. The van der Waals surface area contributed by atoms with E-state index in [4.69, 9.17) is 5.10 Å². The Balaban J connectivity index is 1.76. The lowest BCUT2D eigenvalue weighted by Gasteiger charge is -2.41. The van der Waals surface area contributed by atoms with Crippen molar-refractivity contribution in [2.24, 2.45) is 0 Å². The molecule has 2 amide bonds. The molecule has 2 heterocycles. The third-order valence-corrected chi connectivity index (χ3v) is 6.32. The molecule has 1 aliphatic rings. The summed E-state index contributed by atoms with van der Waals surface area (Å²) in [5.41, 5.74) is 3.65. The molecule has 1 aromatic heterocycles. The highest BCUT2D eigenvalue weighted by atomic mass is 16.2. The van der Waals surface area contributed by atoms with Crippen molar-refractivity contribution < 1.29 is 9.59 Å². The Morgan fingerprint density at radius 1 is 0.971 bits per heavy atom. The second kappa shape index (κ2) is 8.69. The highest BCUT2D eigenvalue weighted by molar-refractivity contribution is 6.16. The fourth-order valence-corrected chi connectivity index (χ4v) is 4.87. The van der Waals surface area contributed by atoms with Crippen LogP contribution < -0.4 is 10.2 Å². The van der Waals surface area contributed by atoms with E-state index in [0.29, 0.717) is 17.8 Å². The number of nitrogens with one attached hydrogen (secondary N) is 1. The van der Waals surface area contributed by atoms with Crippen LogP contribution in [-0.2, 0) is 11.2 Å². The predicted molar refractivity (Wildman–Crippen MR) is 139 cm³/mol. The highest BCUT2D eigenvalue weighted by Gasteiger charge is 2.47. The fraction of sp³-hybridized carbons (Fsp3) is 0.276. The van der Waals surface area contributed by atoms with E-state index in [1.165, 1.54) is 0 Å². The van der Waals surface area contributed by atoms with Gasteiger partial charge >= 0.3 is 0 Å². The van der Waals surface area contributed by atoms with Crippen molar-refractivity contribution in [2.45, 2.75) is 51.7 Å². The van der Waals surface area contributed by atoms with Crippen LogP contribution in [0, 0.1) is 6.92 Å². The topological polar surface area (TPSA) is 67.2 Å². The molecule has 1 N–H and O–H groups in total. The molecule has 4 aromatic rings. The summed E-state index contributed by atoms with van der Waals surface area (Å²) >= 11 is 0. The molecular weight excluding hydrogens is 436 g/mol. The number of carbonyl (C=O) groups is 2. The Morgan fingerprint density at radius 2 is 1.63 bits per heavy atom. The van der Waals surface area contributed by atoms with Crippen LogP contribution in [0.4, 0.5) is 5.69 Å². The van der Waals surface area contributed by atoms with E-state index < -0.39 is 11.6 Å². The zero-order valence-corrected chi connectivity index (χ0v) is 20.5. The lowest BCUT2D eigenvalue weighted by atomic mass is 9.92. The Hall–Kier alpha value is -3.93. The number of fused-ring (bicyclic) bond motifs is 3. The van der Waals surface area contributed by atoms with Gasteiger partial charge in [0.15, 0.2) is 0 Å². The molecule has 5 rings (SSSR count). The minimum atomic E-state index is -0.771. The van der Waals surface area contributed by atoms with E-state index >= 15 is 0 Å². The number of amides is 2. The number of carbonyl (C=O) groups excluding carboxylic acids is 2. The van der Waals surface area contributed by atoms with Crippen LogP contribution in [0.5, 0.6) is 0 Å². The summed E-state index contributed by atoms with van der Waals surface area (Å²) in [5.74, 6) is -0.417. The molecule has 1 aliphatic heterocycles. The second-order valence-electron chi connectivity index (χ2n) is 10.3. The predicted octanol–water partition coefficient (Wildman–Crippen LogP) is 5.07. The van der Waals surface area contributed by atoms with E-state index in [9.17, 15) is 9.59 Å². The zero-order valence-electron chi connectivity index (χ0n) is 20.5. The van der Waals surface area contributed by atoms with Gasteiger partial charge in [0.05, 0.1) is 11.6 Å². The molecule has 6 nitrogen and oxygen atoms in total. The minimum Gasteiger partial charge on any atom is -0.350 e. The van der Waals surface area contributed by atoms with Crippen LogP contribution >= 0.6 is 0 Å². The van der Waals surface area contributed by atoms with Gasteiger partial charge in [0.25, 0.3) is 5.91 Å². The number of hydrogen-bond acceptors (Lipinski definition) is 3. The van der Waals surface area contributed by atoms with Gasteiger partial charge in [-0.1, -0.05) is 60.2 Å². The van der Waals surface area contributed by atoms with Crippen LogP contribution in [0.25, 0.3) is 10.9 Å². The Bertz CT molecular complexity index is 1390. The van der Waals surface area contributed by atoms with Crippen molar-refractivity contribution in [3.63, 3.8) is 0 Å². The number of anilines is 1. The Morgan fingerprint density at radius 3 is 2.29 bits per heavy atom. The summed E-state index contributed by atoms with van der Waals surface area (Å²) in [7, 11) is 0. The molecule has 0 fully saturated rings. The maximum atomic E-state index is 14.2. The number of aryl methyl sites for hydroxylation is 1. The summed E-state index contributed by atoms with van der Waals surface area (Å²) in [6.45, 7) is 7.86. The smallest absolute Gasteiger partial charge is 0.278 e. The summed E-state index contributed by atoms with van der Waals surface area (Å²) in [4.78, 5) is 29.7. The molecule has 0 saturated carbocycles. The van der Waals surface area contributed by atoms with Gasteiger partial charge in [0.1, 0.15) is 11.7 Å². The fourth-order valence-electron chi connectivity index (χ4n) is 4.87. The molecule has 178 valence electrons. The molecule has 0 aliphatic carbocycles. The second-order valence-corrected chi connectivity index (χ2v) is 10.3. The third kappa shape index (κ3) is 4.32. The summed E-state index contributed by atoms with van der Waals surface area (Å²) in [5, 5.41) is 8.80. The molecular formula is C29H30N4O2. The lowest BCUT2D eigenvalue weighted by Crippen LogP contribution is -2.60. The number of hydrogen-bond donors (Lipinski definition) is 1. The highest BCUT2D eigenvalue weighted by Crippen LogP contribution is 2.37. The van der Waals surface area contributed by atoms with Crippen LogP contribution in [0.15, 0.2) is 78.9 Å². The third-order valence-electron chi connectivity index (χ3n) is 6.32. The Labute approximate surface area is 205 Å². The van der Waals surface area contributed by atoms with Crippen LogP contribution in [0.1, 0.15) is 48.4 Å². The van der Waals surface area contributed by atoms with E-state index in [0.717, 1.165) is 22.0 Å². The van der Waals surface area contributed by atoms with Crippen molar-refractivity contribution in [3.8, 4) is 0 Å². The van der Waals surface area contributed by atoms with Gasteiger partial charge in [-0.05, 0) is 63.9 Å². The van der Waals surface area contributed by atoms with Crippen molar-refractivity contribution in [2.75, 3.05) is 4.90 Å². The molecule has 2 atom stereocenters. The standard InChI is InChI=1S/C29H30N4O2/c1-19-15-16-23-22(17-19)25-28(35)32(21-13-9-6-10-14-21)26(27(34)30-29(2,3)4)24(33(25)31-23)18-20-11-7-5-8-12-20/h5-17,24,26H,18H2,1-4H3,(H,30,34). The average molecular weight is 467 g/mol. The van der Waals surface area contributed by atoms with E-state index in [1.54, 1.807) is 9.58 Å². The lowest BCUT2D eigenvalue weighted by molar-refractivity contribution is -0.125. The van der Waals surface area contributed by atoms with Gasteiger partial charge in [0.2, 0.25) is 5.91 Å². The monoisotopic (exact) mass is 466 g/mol. The number of rotatable bonds is 4. The van der Waals surface area contributed by atoms with Gasteiger partial charge in [-0.15, -0.1) is 0 Å². The summed E-state index contributed by atoms with van der Waals surface area (Å²) in [6, 6.07) is 24.3. The normalized spacial score (nSPS) is 17.9. The molecule has 0 bridgehead atoms. The van der Waals surface area contributed by atoms with Gasteiger partial charge in [-0.2, -0.15) is 5.10 Å². The largest absolute Gasteiger partial charge is 0.350 e. The van der Waals surface area contributed by atoms with Crippen molar-refractivity contribution in [1.29, 1.82) is 0 Å². The first-order chi connectivity index (χ1) is 16.7. The van der Waals surface area contributed by atoms with Gasteiger partial charge in [0, 0.05) is 16.6 Å². The molecule has 0 saturated heterocycles. The van der Waals surface area contributed by atoms with E-state index in [1.807, 2.05) is 94.4 Å². The van der Waals surface area contributed by atoms with Crippen LogP contribution in [0.2, 0.25) is 0 Å². The average Bonchev–Trinajstić information content (AvgIpc) is 3.20. The summed E-state index contributed by atoms with van der Waals surface area (Å²) < 4.78 is 1.80. The van der Waals surface area contributed by atoms with Crippen molar-refractivity contribution in [3.05, 3.63) is 95.7 Å². The Kier molecular flexibility index (Phi) is 5.67. The minimum absolute atomic E-state index is 0.197. The maximum Gasteiger partial charge on any atom is 0.278 e.